The van der Waals surface area contributed by atoms with Crippen molar-refractivity contribution in [2.45, 2.75) is 26.7 Å². The quantitative estimate of drug-likeness (QED) is 0.718. The Kier molecular flexibility index (Phi) is 11.6. The van der Waals surface area contributed by atoms with E-state index < -0.39 is 12.2 Å². The molecule has 0 spiro atoms. The Morgan fingerprint density at radius 1 is 0.850 bits per heavy atom. The predicted molar refractivity (Wildman–Crippen MR) is 74.8 cm³/mol. The van der Waals surface area contributed by atoms with Crippen LogP contribution in [0.15, 0.2) is 0 Å². The lowest BCUT2D eigenvalue weighted by atomic mass is 10.5. The molecule has 6 heteroatoms. The van der Waals surface area contributed by atoms with Gasteiger partial charge in [-0.05, 0) is 24.7 Å². The minimum absolute atomic E-state index is 0.170. The zero-order valence-electron chi connectivity index (χ0n) is 11.9. The molecule has 0 fully saturated rings. The summed E-state index contributed by atoms with van der Waals surface area (Å²) in [6, 6.07) is 0. The Balaban J connectivity index is 3.64. The number of amides is 2. The Morgan fingerprint density at radius 2 is 1.25 bits per heavy atom. The summed E-state index contributed by atoms with van der Waals surface area (Å²) >= 11 is 0. The van der Waals surface area contributed by atoms with Gasteiger partial charge in [-0.3, -0.25) is 0 Å². The molecule has 0 aliphatic heterocycles. The highest BCUT2D eigenvalue weighted by molar-refractivity contribution is 5.67. The van der Waals surface area contributed by atoms with Crippen molar-refractivity contribution in [1.82, 2.24) is 10.6 Å². The second kappa shape index (κ2) is 13.1. The van der Waals surface area contributed by atoms with Crippen LogP contribution in [-0.2, 0) is 9.47 Å². The summed E-state index contributed by atoms with van der Waals surface area (Å²) in [5.74, 6) is 10.4. The van der Waals surface area contributed by atoms with Gasteiger partial charge in [0.15, 0.2) is 0 Å². The van der Waals surface area contributed by atoms with Crippen LogP contribution in [0.1, 0.15) is 26.7 Å². The molecule has 0 aromatic heterocycles. The molecule has 0 saturated heterocycles. The van der Waals surface area contributed by atoms with E-state index in [4.69, 9.17) is 9.47 Å². The zero-order valence-corrected chi connectivity index (χ0v) is 11.9. The van der Waals surface area contributed by atoms with Crippen molar-refractivity contribution in [2.24, 2.45) is 0 Å². The second-order valence-corrected chi connectivity index (χ2v) is 3.58. The van der Waals surface area contributed by atoms with E-state index in [1.165, 1.54) is 0 Å². The van der Waals surface area contributed by atoms with Crippen molar-refractivity contribution < 1.29 is 19.1 Å². The maximum atomic E-state index is 11.0. The normalized spacial score (nSPS) is 8.30. The third-order valence-electron chi connectivity index (χ3n) is 1.76. The first-order valence-electron chi connectivity index (χ1n) is 6.47. The standard InChI is InChI=1S/C14H20N2O4/c1-3-11-19-13(17)15-9-7-5-6-8-10-16-14(18)20-12-4-2/h3-4,9-12H2,1-2H3,(H,15,17)(H,16,18). The number of hydrogen-bond donors (Lipinski definition) is 2. The summed E-state index contributed by atoms with van der Waals surface area (Å²) in [6.45, 7) is 4.94. The molecule has 0 atom stereocenters. The number of carbonyl (C=O) groups excluding carboxylic acids is 2. The molecule has 0 aliphatic carbocycles. The highest BCUT2D eigenvalue weighted by atomic mass is 16.6. The molecule has 0 saturated carbocycles. The lowest BCUT2D eigenvalue weighted by Gasteiger charge is -2.01. The van der Waals surface area contributed by atoms with Gasteiger partial charge < -0.3 is 20.1 Å². The molecular formula is C14H20N2O4. The fourth-order valence-electron chi connectivity index (χ4n) is 0.901. The highest BCUT2D eigenvalue weighted by Gasteiger charge is 1.97. The SMILES string of the molecule is CCCOC(=O)NCC#CC#CCNC(=O)OCCC. The average Bonchev–Trinajstić information content (AvgIpc) is 2.45. The minimum Gasteiger partial charge on any atom is -0.450 e. The molecule has 0 rings (SSSR count). The van der Waals surface area contributed by atoms with E-state index in [0.29, 0.717) is 13.2 Å². The maximum absolute atomic E-state index is 11.0. The molecule has 0 bridgehead atoms. The lowest BCUT2D eigenvalue weighted by Crippen LogP contribution is -2.24. The molecule has 6 nitrogen and oxygen atoms in total. The molecule has 0 aliphatic rings. The smallest absolute Gasteiger partial charge is 0.407 e. The number of nitrogens with one attached hydrogen (secondary N) is 2. The fourth-order valence-corrected chi connectivity index (χ4v) is 0.901. The Hall–Kier alpha value is -2.34. The van der Waals surface area contributed by atoms with Gasteiger partial charge in [0, 0.05) is 0 Å². The Labute approximate surface area is 119 Å². The average molecular weight is 280 g/mol. The van der Waals surface area contributed by atoms with E-state index in [2.05, 4.69) is 34.3 Å². The van der Waals surface area contributed by atoms with Crippen LogP contribution in [0.4, 0.5) is 9.59 Å². The van der Waals surface area contributed by atoms with Gasteiger partial charge in [-0.1, -0.05) is 25.7 Å². The molecule has 0 radical (unpaired) electrons. The predicted octanol–water partition coefficient (Wildman–Crippen LogP) is 1.27. The number of hydrogen-bond acceptors (Lipinski definition) is 4. The largest absolute Gasteiger partial charge is 0.450 e. The molecule has 110 valence electrons. The van der Waals surface area contributed by atoms with Gasteiger partial charge in [0.2, 0.25) is 0 Å². The Morgan fingerprint density at radius 3 is 1.60 bits per heavy atom. The van der Waals surface area contributed by atoms with Crippen LogP contribution >= 0.6 is 0 Å². The molecular weight excluding hydrogens is 260 g/mol. The van der Waals surface area contributed by atoms with Crippen molar-refractivity contribution in [3.8, 4) is 23.7 Å². The molecule has 0 heterocycles. The fraction of sp³-hybridized carbons (Fsp3) is 0.571. The first-order chi connectivity index (χ1) is 9.70. The molecule has 20 heavy (non-hydrogen) atoms. The van der Waals surface area contributed by atoms with Crippen LogP contribution in [0.2, 0.25) is 0 Å². The van der Waals surface area contributed by atoms with Gasteiger partial charge in [-0.25, -0.2) is 9.59 Å². The van der Waals surface area contributed by atoms with E-state index in [0.717, 1.165) is 12.8 Å². The van der Waals surface area contributed by atoms with Crippen LogP contribution in [0.25, 0.3) is 0 Å². The molecule has 0 unspecified atom stereocenters. The lowest BCUT2D eigenvalue weighted by molar-refractivity contribution is 0.146. The van der Waals surface area contributed by atoms with Crippen molar-refractivity contribution in [1.29, 1.82) is 0 Å². The molecule has 0 aromatic rings. The Bertz CT molecular complexity index is 372. The van der Waals surface area contributed by atoms with Crippen LogP contribution in [0.5, 0.6) is 0 Å². The maximum Gasteiger partial charge on any atom is 0.407 e. The van der Waals surface area contributed by atoms with E-state index in [1.807, 2.05) is 13.8 Å². The minimum atomic E-state index is -0.491. The van der Waals surface area contributed by atoms with Crippen LogP contribution in [-0.4, -0.2) is 38.5 Å². The van der Waals surface area contributed by atoms with Crippen molar-refractivity contribution in [3.63, 3.8) is 0 Å². The third kappa shape index (κ3) is 12.1. The third-order valence-corrected chi connectivity index (χ3v) is 1.76. The topological polar surface area (TPSA) is 76.7 Å². The summed E-state index contributed by atoms with van der Waals surface area (Å²) < 4.78 is 9.56. The van der Waals surface area contributed by atoms with E-state index in [9.17, 15) is 9.59 Å². The zero-order chi connectivity index (χ0) is 15.1. The van der Waals surface area contributed by atoms with Crippen LogP contribution in [0.3, 0.4) is 0 Å². The summed E-state index contributed by atoms with van der Waals surface area (Å²) in [5.41, 5.74) is 0. The number of alkyl carbamates (subject to hydrolysis) is 2. The van der Waals surface area contributed by atoms with E-state index >= 15 is 0 Å². The van der Waals surface area contributed by atoms with E-state index in [-0.39, 0.29) is 13.1 Å². The summed E-state index contributed by atoms with van der Waals surface area (Å²) in [7, 11) is 0. The van der Waals surface area contributed by atoms with Crippen molar-refractivity contribution in [3.05, 3.63) is 0 Å². The summed E-state index contributed by atoms with van der Waals surface area (Å²) in [4.78, 5) is 22.0. The molecule has 2 N–H and O–H groups in total. The highest BCUT2D eigenvalue weighted by Crippen LogP contribution is 1.81. The monoisotopic (exact) mass is 280 g/mol. The van der Waals surface area contributed by atoms with Gasteiger partial charge in [0.1, 0.15) is 0 Å². The van der Waals surface area contributed by atoms with Gasteiger partial charge in [-0.2, -0.15) is 0 Å². The van der Waals surface area contributed by atoms with Crippen molar-refractivity contribution >= 4 is 12.2 Å². The second-order valence-electron chi connectivity index (χ2n) is 3.58. The van der Waals surface area contributed by atoms with Crippen LogP contribution < -0.4 is 10.6 Å². The van der Waals surface area contributed by atoms with Gasteiger partial charge in [0.25, 0.3) is 0 Å². The number of carbonyl (C=O) groups is 2. The number of ether oxygens (including phenoxy) is 2. The first kappa shape index (κ1) is 17.7. The molecule has 0 aromatic carbocycles. The van der Waals surface area contributed by atoms with Gasteiger partial charge >= 0.3 is 12.2 Å². The van der Waals surface area contributed by atoms with Gasteiger partial charge in [0.05, 0.1) is 26.3 Å². The number of rotatable bonds is 6. The summed E-state index contributed by atoms with van der Waals surface area (Å²) in [5, 5.41) is 4.91. The van der Waals surface area contributed by atoms with Crippen molar-refractivity contribution in [2.75, 3.05) is 26.3 Å². The summed E-state index contributed by atoms with van der Waals surface area (Å²) in [6.07, 6.45) is 0.570. The first-order valence-corrected chi connectivity index (χ1v) is 6.47. The van der Waals surface area contributed by atoms with Crippen LogP contribution in [0, 0.1) is 23.7 Å². The molecule has 2 amide bonds. The van der Waals surface area contributed by atoms with Gasteiger partial charge in [-0.15, -0.1) is 0 Å². The van der Waals surface area contributed by atoms with E-state index in [1.54, 1.807) is 0 Å².